The number of fused-ring (bicyclic) bond motifs is 1. The predicted octanol–water partition coefficient (Wildman–Crippen LogP) is -5.19. The summed E-state index contributed by atoms with van der Waals surface area (Å²) in [7, 11) is 0. The Kier molecular flexibility index (Phi) is 20.0. The molecule has 360 valence electrons. The minimum Gasteiger partial charge on any atom is -0.481 e. The summed E-state index contributed by atoms with van der Waals surface area (Å²) in [5.74, 6) is -14.1. The molecule has 29 nitrogen and oxygen atoms in total. The number of aldehydes is 1. The highest BCUT2D eigenvalue weighted by Crippen LogP contribution is 2.13. The van der Waals surface area contributed by atoms with Crippen molar-refractivity contribution in [2.45, 2.75) is 74.9 Å². The van der Waals surface area contributed by atoms with Gasteiger partial charge < -0.3 is 73.9 Å². The van der Waals surface area contributed by atoms with Crippen molar-refractivity contribution in [1.82, 2.24) is 51.8 Å². The number of hydrogen-bond donors (Lipinski definition) is 15. The number of carbonyl (C=O) groups excluding carboxylic acids is 7. The summed E-state index contributed by atoms with van der Waals surface area (Å²) in [6.07, 6.45) is -3.15. The maximum Gasteiger partial charge on any atom is 0.326 e. The molecule has 2 aromatic heterocycles. The Morgan fingerprint density at radius 1 is 0.716 bits per heavy atom. The van der Waals surface area contributed by atoms with E-state index in [1.807, 2.05) is 16.0 Å². The Bertz CT molecular complexity index is 2440. The van der Waals surface area contributed by atoms with Crippen LogP contribution in [0.15, 0.2) is 35.3 Å². The minimum atomic E-state index is -2.14. The van der Waals surface area contributed by atoms with E-state index in [9.17, 15) is 78.0 Å². The number of nitrogens with two attached hydrogens (primary N) is 2. The first kappa shape index (κ1) is 53.1. The fourth-order valence-electron chi connectivity index (χ4n) is 5.64. The van der Waals surface area contributed by atoms with E-state index in [0.717, 1.165) is 0 Å². The molecule has 0 unspecified atom stereocenters. The second-order valence-corrected chi connectivity index (χ2v) is 14.5. The molecule has 1 aromatic carbocycles. The molecule has 2 heterocycles. The Balaban J connectivity index is 1.64. The van der Waals surface area contributed by atoms with E-state index in [1.54, 1.807) is 0 Å². The zero-order chi connectivity index (χ0) is 50.0. The number of nitrogens with one attached hydrogen (secondary N) is 8. The van der Waals surface area contributed by atoms with Crippen LogP contribution in [0.4, 0.5) is 11.6 Å². The highest BCUT2D eigenvalue weighted by Gasteiger charge is 2.34. The van der Waals surface area contributed by atoms with Crippen LogP contribution in [0.5, 0.6) is 0 Å². The molecule has 0 aliphatic carbocycles. The van der Waals surface area contributed by atoms with E-state index in [-0.39, 0.29) is 35.0 Å². The monoisotopic (exact) mass is 959 g/mol. The van der Waals surface area contributed by atoms with E-state index < -0.39 is 140 Å². The second-order valence-electron chi connectivity index (χ2n) is 14.1. The molecule has 0 aliphatic heterocycles. The van der Waals surface area contributed by atoms with Crippen LogP contribution in [-0.2, 0) is 54.5 Å². The number of benzene rings is 1. The maximum absolute atomic E-state index is 13.3. The number of thiol groups is 1. The van der Waals surface area contributed by atoms with E-state index in [0.29, 0.717) is 17.7 Å². The lowest BCUT2D eigenvalue weighted by Gasteiger charge is -2.25. The number of rotatable bonds is 27. The number of anilines is 2. The summed E-state index contributed by atoms with van der Waals surface area (Å²) >= 11 is 3.88. The first-order valence-corrected chi connectivity index (χ1v) is 20.1. The van der Waals surface area contributed by atoms with Crippen LogP contribution in [0.2, 0.25) is 0 Å². The van der Waals surface area contributed by atoms with Crippen LogP contribution < -0.4 is 54.2 Å². The zero-order valence-corrected chi connectivity index (χ0v) is 35.6. The van der Waals surface area contributed by atoms with Crippen molar-refractivity contribution in [3.05, 3.63) is 52.1 Å². The average molecular weight is 960 g/mol. The molecule has 6 amide bonds. The quantitative estimate of drug-likeness (QED) is 0.0251. The molecular weight excluding hydrogens is 915 g/mol. The number of aromatic nitrogens is 4. The van der Waals surface area contributed by atoms with Gasteiger partial charge >= 0.3 is 23.9 Å². The van der Waals surface area contributed by atoms with Crippen molar-refractivity contribution in [2.75, 3.05) is 23.3 Å². The number of nitrogens with zero attached hydrogens (tertiary/aromatic N) is 3. The molecule has 0 saturated heterocycles. The number of aliphatic carboxylic acids is 4. The standard InChI is InChI=1S/C37H45N13O16S/c38-10-23(34(63)43-18(13-51)14-67)48-33(62)22(9-27(57)58)47-32(61)21(8-26(55)56)46-31(60)20(7-25(53)54)44-24(52)6-5-19(36(65)66)45-30(59)15-1-3-16(4-2-15)40-11-17-12-41-29-28(42-17)35(64)50-37(39)49-29/h1-4,12-13,18-23,40,67H,5-11,14,38H2,(H,43,63)(H,44,52)(H,45,59)(H,46,60)(H,47,61)(H,48,62)(H,53,54)(H,55,56)(H,57,58)(H,65,66)(H3,39,41,49,50,64)/t18-,19+,20+,21+,22+,23+/m1/s1. The lowest BCUT2D eigenvalue weighted by Crippen LogP contribution is -2.60. The fourth-order valence-corrected chi connectivity index (χ4v) is 5.81. The summed E-state index contributed by atoms with van der Waals surface area (Å²) < 4.78 is 0. The number of H-pyrrole nitrogens is 1. The molecule has 67 heavy (non-hydrogen) atoms. The molecule has 0 fully saturated rings. The van der Waals surface area contributed by atoms with Gasteiger partial charge in [-0.3, -0.25) is 52.9 Å². The molecule has 3 rings (SSSR count). The van der Waals surface area contributed by atoms with Gasteiger partial charge in [0.05, 0.1) is 43.7 Å². The number of aromatic amines is 1. The summed E-state index contributed by atoms with van der Waals surface area (Å²) in [5.41, 5.74) is 11.3. The van der Waals surface area contributed by atoms with Crippen LogP contribution in [0.1, 0.15) is 48.2 Å². The minimum absolute atomic E-state index is 0.00385. The Morgan fingerprint density at radius 2 is 1.24 bits per heavy atom. The molecule has 3 aromatic rings. The topological polar surface area (TPSA) is 476 Å². The lowest BCUT2D eigenvalue weighted by molar-refractivity contribution is -0.144. The molecule has 0 saturated carbocycles. The van der Waals surface area contributed by atoms with Gasteiger partial charge in [-0.15, -0.1) is 0 Å². The maximum atomic E-state index is 13.3. The number of hydrogen-bond acceptors (Lipinski definition) is 19. The van der Waals surface area contributed by atoms with Crippen LogP contribution in [-0.4, -0.2) is 155 Å². The lowest BCUT2D eigenvalue weighted by atomic mass is 10.1. The summed E-state index contributed by atoms with van der Waals surface area (Å²) in [6, 6.07) is -4.91. The highest BCUT2D eigenvalue weighted by atomic mass is 32.1. The van der Waals surface area contributed by atoms with Crippen molar-refractivity contribution >= 4 is 101 Å². The van der Waals surface area contributed by atoms with Crippen molar-refractivity contribution in [2.24, 2.45) is 5.73 Å². The molecule has 0 bridgehead atoms. The molecule has 30 heteroatoms. The van der Waals surface area contributed by atoms with Gasteiger partial charge in [0, 0.05) is 30.0 Å². The van der Waals surface area contributed by atoms with Crippen LogP contribution in [0.25, 0.3) is 11.2 Å². The molecule has 0 radical (unpaired) electrons. The van der Waals surface area contributed by atoms with E-state index in [1.165, 1.54) is 30.5 Å². The van der Waals surface area contributed by atoms with Crippen molar-refractivity contribution < 1.29 is 73.2 Å². The van der Waals surface area contributed by atoms with Crippen LogP contribution in [0, 0.1) is 0 Å². The number of amides is 6. The van der Waals surface area contributed by atoms with Gasteiger partial charge in [-0.25, -0.2) is 14.8 Å². The van der Waals surface area contributed by atoms with Gasteiger partial charge in [-0.2, -0.15) is 17.6 Å². The third kappa shape index (κ3) is 17.0. The van der Waals surface area contributed by atoms with Crippen molar-refractivity contribution in [3.63, 3.8) is 0 Å². The summed E-state index contributed by atoms with van der Waals surface area (Å²) in [6.45, 7) is -0.487. The average Bonchev–Trinajstić information content (AvgIpc) is 3.26. The molecular formula is C37H45N13O16S. The van der Waals surface area contributed by atoms with Gasteiger partial charge in [0.2, 0.25) is 35.5 Å². The Morgan fingerprint density at radius 3 is 1.73 bits per heavy atom. The normalized spacial score (nSPS) is 13.5. The molecule has 0 spiro atoms. The SMILES string of the molecule is NC[C@H](NC(=O)[C@H](CC(=O)O)NC(=O)[C@H](CC(=O)O)NC(=O)[C@H](CC(=O)O)NC(=O)CC[C@H](NC(=O)c1ccc(NCc2cnc3nc(N)[nH]c(=O)c3n2)cc1)C(=O)O)C(=O)N[C@H](C=O)CS. The largest absolute Gasteiger partial charge is 0.481 e. The molecule has 16 N–H and O–H groups in total. The van der Waals surface area contributed by atoms with E-state index in [2.05, 4.69) is 53.8 Å². The zero-order valence-electron chi connectivity index (χ0n) is 34.7. The third-order valence-corrected chi connectivity index (χ3v) is 9.37. The van der Waals surface area contributed by atoms with Crippen LogP contribution >= 0.6 is 12.6 Å². The Hall–Kier alpha value is -8.28. The van der Waals surface area contributed by atoms with E-state index >= 15 is 0 Å². The number of carbonyl (C=O) groups is 11. The van der Waals surface area contributed by atoms with Gasteiger partial charge in [0.15, 0.2) is 11.2 Å². The first-order valence-electron chi connectivity index (χ1n) is 19.5. The fraction of sp³-hybridized carbons (Fsp3) is 0.378. The third-order valence-electron chi connectivity index (χ3n) is 8.98. The van der Waals surface area contributed by atoms with Crippen LogP contribution in [0.3, 0.4) is 0 Å². The highest BCUT2D eigenvalue weighted by molar-refractivity contribution is 7.80. The first-order chi connectivity index (χ1) is 31.6. The van der Waals surface area contributed by atoms with Crippen molar-refractivity contribution in [3.8, 4) is 0 Å². The Labute approximate surface area is 381 Å². The number of carboxylic acid groups (broad SMARTS) is 4. The van der Waals surface area contributed by atoms with Gasteiger partial charge in [0.25, 0.3) is 11.5 Å². The van der Waals surface area contributed by atoms with Gasteiger partial charge in [-0.1, -0.05) is 0 Å². The summed E-state index contributed by atoms with van der Waals surface area (Å²) in [4.78, 5) is 163. The smallest absolute Gasteiger partial charge is 0.326 e. The van der Waals surface area contributed by atoms with Gasteiger partial charge in [0.1, 0.15) is 36.5 Å². The predicted molar refractivity (Wildman–Crippen MR) is 230 cm³/mol. The second kappa shape index (κ2) is 25.3. The molecule has 0 aliphatic rings. The molecule has 6 atom stereocenters. The van der Waals surface area contributed by atoms with Crippen molar-refractivity contribution in [1.29, 1.82) is 0 Å². The number of nitrogen functional groups attached to an aromatic ring is 1. The van der Waals surface area contributed by atoms with E-state index in [4.69, 9.17) is 11.5 Å². The number of carboxylic acids is 4. The van der Waals surface area contributed by atoms with Gasteiger partial charge in [-0.05, 0) is 30.7 Å². The summed E-state index contributed by atoms with van der Waals surface area (Å²) in [5, 5.41) is 53.5.